The quantitative estimate of drug-likeness (QED) is 0.795. The van der Waals surface area contributed by atoms with E-state index in [2.05, 4.69) is 24.3 Å². The second kappa shape index (κ2) is 4.77. The van der Waals surface area contributed by atoms with E-state index in [9.17, 15) is 5.11 Å². The third-order valence-corrected chi connectivity index (χ3v) is 2.55. The van der Waals surface area contributed by atoms with Crippen molar-refractivity contribution in [3.63, 3.8) is 0 Å². The highest BCUT2D eigenvalue weighted by Gasteiger charge is 2.13. The van der Waals surface area contributed by atoms with Crippen LogP contribution < -0.4 is 5.73 Å². The molecule has 1 atom stereocenters. The van der Waals surface area contributed by atoms with Crippen LogP contribution >= 0.6 is 0 Å². The molecule has 0 aliphatic rings. The maximum absolute atomic E-state index is 9.18. The Morgan fingerprint density at radius 1 is 1.27 bits per heavy atom. The number of aryl methyl sites for hydroxylation is 1. The predicted octanol–water partition coefficient (Wildman–Crippen LogP) is 2.19. The van der Waals surface area contributed by atoms with E-state index in [0.717, 1.165) is 18.4 Å². The van der Waals surface area contributed by atoms with Crippen molar-refractivity contribution in [2.45, 2.75) is 45.3 Å². The van der Waals surface area contributed by atoms with Crippen LogP contribution in [-0.2, 0) is 12.0 Å². The molecule has 1 unspecified atom stereocenters. The number of rotatable bonds is 4. The van der Waals surface area contributed by atoms with Crippen LogP contribution in [0, 0.1) is 0 Å². The first-order valence-electron chi connectivity index (χ1n) is 5.46. The molecular weight excluding hydrogens is 186 g/mol. The zero-order valence-electron chi connectivity index (χ0n) is 9.83. The Labute approximate surface area is 92.1 Å². The van der Waals surface area contributed by atoms with Crippen molar-refractivity contribution in [3.8, 4) is 0 Å². The molecule has 84 valence electrons. The third kappa shape index (κ3) is 4.02. The summed E-state index contributed by atoms with van der Waals surface area (Å²) < 4.78 is 0. The van der Waals surface area contributed by atoms with Crippen molar-refractivity contribution in [1.29, 1.82) is 0 Å². The molecule has 0 spiro atoms. The maximum Gasteiger partial charge on any atom is 0.0515 e. The highest BCUT2D eigenvalue weighted by molar-refractivity contribution is 5.27. The molecule has 0 radical (unpaired) electrons. The van der Waals surface area contributed by atoms with E-state index < -0.39 is 0 Å². The molecule has 0 aliphatic heterocycles. The molecule has 1 rings (SSSR count). The lowest BCUT2D eigenvalue weighted by atomic mass is 9.94. The summed E-state index contributed by atoms with van der Waals surface area (Å²) in [5.41, 5.74) is 8.11. The van der Waals surface area contributed by atoms with E-state index >= 15 is 0 Å². The lowest BCUT2D eigenvalue weighted by Gasteiger charge is -2.19. The van der Waals surface area contributed by atoms with Gasteiger partial charge in [0.25, 0.3) is 0 Å². The van der Waals surface area contributed by atoms with Crippen molar-refractivity contribution in [2.24, 2.45) is 5.73 Å². The Hall–Kier alpha value is -0.860. The maximum atomic E-state index is 9.18. The van der Waals surface area contributed by atoms with Crippen molar-refractivity contribution < 1.29 is 5.11 Å². The summed E-state index contributed by atoms with van der Waals surface area (Å²) in [5, 5.41) is 9.18. The Morgan fingerprint density at radius 3 is 2.20 bits per heavy atom. The number of hydrogen-bond donors (Lipinski definition) is 2. The van der Waals surface area contributed by atoms with Crippen LogP contribution in [0.5, 0.6) is 0 Å². The molecule has 1 aromatic carbocycles. The summed E-state index contributed by atoms with van der Waals surface area (Å²) in [5.74, 6) is 0. The van der Waals surface area contributed by atoms with Crippen molar-refractivity contribution in [1.82, 2.24) is 0 Å². The fourth-order valence-corrected chi connectivity index (χ4v) is 1.48. The summed E-state index contributed by atoms with van der Waals surface area (Å²) >= 11 is 0. The second-order valence-corrected chi connectivity index (χ2v) is 4.81. The van der Waals surface area contributed by atoms with Gasteiger partial charge in [0.1, 0.15) is 0 Å². The fraction of sp³-hybridized carbons (Fsp3) is 0.538. The molecule has 0 saturated carbocycles. The molecule has 1 aromatic rings. The number of hydrogen-bond acceptors (Lipinski definition) is 2. The lowest BCUT2D eigenvalue weighted by molar-refractivity contribution is 0.185. The average molecular weight is 207 g/mol. The number of benzene rings is 1. The van der Waals surface area contributed by atoms with Crippen LogP contribution in [0.3, 0.4) is 0 Å². The molecule has 2 nitrogen and oxygen atoms in total. The molecule has 0 fully saturated rings. The van der Waals surface area contributed by atoms with Crippen LogP contribution in [0.2, 0.25) is 0 Å². The van der Waals surface area contributed by atoms with Gasteiger partial charge in [-0.2, -0.15) is 0 Å². The van der Waals surface area contributed by atoms with Gasteiger partial charge in [-0.1, -0.05) is 24.3 Å². The highest BCUT2D eigenvalue weighted by Crippen LogP contribution is 2.17. The minimum absolute atomic E-state index is 0.226. The monoisotopic (exact) mass is 207 g/mol. The highest BCUT2D eigenvalue weighted by atomic mass is 16.3. The van der Waals surface area contributed by atoms with Crippen molar-refractivity contribution in [3.05, 3.63) is 35.4 Å². The standard InChI is InChI=1S/C13H21NO/c1-10(15)4-5-11-6-8-12(9-7-11)13(2,3)14/h6-10,15H,4-5,14H2,1-3H3. The van der Waals surface area contributed by atoms with E-state index in [4.69, 9.17) is 5.73 Å². The number of nitrogens with two attached hydrogens (primary N) is 1. The molecule has 0 bridgehead atoms. The minimum atomic E-state index is -0.275. The van der Waals surface area contributed by atoms with Gasteiger partial charge in [0.15, 0.2) is 0 Å². The SMILES string of the molecule is CC(O)CCc1ccc(C(C)(C)N)cc1. The van der Waals surface area contributed by atoms with Gasteiger partial charge in [-0.25, -0.2) is 0 Å². The Bertz CT molecular complexity index is 295. The zero-order valence-corrected chi connectivity index (χ0v) is 9.83. The molecule has 0 heterocycles. The Kier molecular flexibility index (Phi) is 3.89. The summed E-state index contributed by atoms with van der Waals surface area (Å²) in [6.07, 6.45) is 1.50. The van der Waals surface area contributed by atoms with Crippen LogP contribution in [0.4, 0.5) is 0 Å². The summed E-state index contributed by atoms with van der Waals surface area (Å²) in [6.45, 7) is 5.81. The van der Waals surface area contributed by atoms with Crippen LogP contribution in [-0.4, -0.2) is 11.2 Å². The predicted molar refractivity (Wildman–Crippen MR) is 63.7 cm³/mol. The van der Waals surface area contributed by atoms with Gasteiger partial charge < -0.3 is 10.8 Å². The van der Waals surface area contributed by atoms with Crippen LogP contribution in [0.15, 0.2) is 24.3 Å². The molecule has 3 N–H and O–H groups in total. The van der Waals surface area contributed by atoms with E-state index in [1.165, 1.54) is 5.56 Å². The van der Waals surface area contributed by atoms with Crippen LogP contribution in [0.25, 0.3) is 0 Å². The molecule has 0 saturated heterocycles. The summed E-state index contributed by atoms with van der Waals surface area (Å²) in [6, 6.07) is 8.31. The second-order valence-electron chi connectivity index (χ2n) is 4.81. The molecule has 0 aromatic heterocycles. The summed E-state index contributed by atoms with van der Waals surface area (Å²) in [4.78, 5) is 0. The van der Waals surface area contributed by atoms with Gasteiger partial charge in [0.05, 0.1) is 6.10 Å². The topological polar surface area (TPSA) is 46.2 Å². The third-order valence-electron chi connectivity index (χ3n) is 2.55. The Morgan fingerprint density at radius 2 is 1.80 bits per heavy atom. The zero-order chi connectivity index (χ0) is 11.5. The minimum Gasteiger partial charge on any atom is -0.393 e. The first kappa shape index (κ1) is 12.2. The first-order valence-corrected chi connectivity index (χ1v) is 5.46. The fourth-order valence-electron chi connectivity index (χ4n) is 1.48. The van der Waals surface area contributed by atoms with E-state index in [0.29, 0.717) is 0 Å². The largest absolute Gasteiger partial charge is 0.393 e. The van der Waals surface area contributed by atoms with Gasteiger partial charge in [0, 0.05) is 5.54 Å². The summed E-state index contributed by atoms with van der Waals surface area (Å²) in [7, 11) is 0. The van der Waals surface area contributed by atoms with E-state index in [1.807, 2.05) is 20.8 Å². The van der Waals surface area contributed by atoms with E-state index in [1.54, 1.807) is 0 Å². The molecule has 2 heteroatoms. The van der Waals surface area contributed by atoms with Crippen molar-refractivity contribution in [2.75, 3.05) is 0 Å². The van der Waals surface area contributed by atoms with Gasteiger partial charge in [-0.05, 0) is 44.7 Å². The van der Waals surface area contributed by atoms with Crippen LogP contribution in [0.1, 0.15) is 38.3 Å². The molecule has 15 heavy (non-hydrogen) atoms. The average Bonchev–Trinajstić information content (AvgIpc) is 2.14. The first-order chi connectivity index (χ1) is 6.89. The van der Waals surface area contributed by atoms with Crippen molar-refractivity contribution >= 4 is 0 Å². The van der Waals surface area contributed by atoms with Gasteiger partial charge in [-0.15, -0.1) is 0 Å². The van der Waals surface area contributed by atoms with Gasteiger partial charge in [0.2, 0.25) is 0 Å². The van der Waals surface area contributed by atoms with Gasteiger partial charge >= 0.3 is 0 Å². The Balaban J connectivity index is 2.65. The normalized spacial score (nSPS) is 13.9. The molecule has 0 amide bonds. The smallest absolute Gasteiger partial charge is 0.0515 e. The number of aliphatic hydroxyl groups excluding tert-OH is 1. The number of aliphatic hydroxyl groups is 1. The molecular formula is C13H21NO. The van der Waals surface area contributed by atoms with E-state index in [-0.39, 0.29) is 11.6 Å². The molecule has 0 aliphatic carbocycles. The lowest BCUT2D eigenvalue weighted by Crippen LogP contribution is -2.28. The van der Waals surface area contributed by atoms with Gasteiger partial charge in [-0.3, -0.25) is 0 Å².